The number of esters is 2. The number of carbonyl (C=O) groups excluding carboxylic acids is 3. The zero-order chi connectivity index (χ0) is 16.8. The van der Waals surface area contributed by atoms with Crippen LogP contribution in [0.4, 0.5) is 0 Å². The summed E-state index contributed by atoms with van der Waals surface area (Å²) in [7, 11) is 3.75. The van der Waals surface area contributed by atoms with E-state index < -0.39 is 42.6 Å². The number of aliphatic hydroxyl groups is 2. The lowest BCUT2D eigenvalue weighted by atomic mass is 10.1. The van der Waals surface area contributed by atoms with Crippen LogP contribution in [0.5, 0.6) is 0 Å². The number of rotatable bonds is 8. The Hall–Kier alpha value is -0.770. The molecule has 2 heterocycles. The van der Waals surface area contributed by atoms with E-state index >= 15 is 0 Å². The lowest BCUT2D eigenvalue weighted by molar-refractivity contribution is -0.162. The largest absolute Gasteiger partial charge is 0.448 e. The molecule has 2 aliphatic rings. The minimum atomic E-state index is -1.63. The maximum atomic E-state index is 11.9. The van der Waals surface area contributed by atoms with Gasteiger partial charge in [-0.1, -0.05) is 28.0 Å². The highest BCUT2D eigenvalue weighted by Gasteiger charge is 2.49. The van der Waals surface area contributed by atoms with Gasteiger partial charge in [-0.3, -0.25) is 9.59 Å². The Bertz CT molecular complexity index is 450. The number of ether oxygens (including phenoxy) is 2. The molecule has 0 aromatic rings. The zero-order valence-electron chi connectivity index (χ0n) is 12.5. The van der Waals surface area contributed by atoms with E-state index in [1.165, 1.54) is 12.2 Å². The Morgan fingerprint density at radius 3 is 2.83 bits per heavy atom. The summed E-state index contributed by atoms with van der Waals surface area (Å²) in [5.74, 6) is -1.29. The highest BCUT2D eigenvalue weighted by atomic mass is 33.1. The minimum Gasteiger partial charge on any atom is -0.448 e. The van der Waals surface area contributed by atoms with Crippen LogP contribution in [0.1, 0.15) is 32.1 Å². The third-order valence-corrected chi connectivity index (χ3v) is 6.67. The predicted molar refractivity (Wildman–Crippen MR) is 84.8 cm³/mol. The van der Waals surface area contributed by atoms with Gasteiger partial charge < -0.3 is 19.7 Å². The molecule has 0 spiro atoms. The number of cyclic esters (lactones) is 1. The number of unbranched alkanes of at least 4 members (excludes halogenated alkanes) is 1. The van der Waals surface area contributed by atoms with Crippen LogP contribution in [0, 0.1) is 0 Å². The number of Topliss-reactive ketones (excluding diaryl/α,β-unsaturated/α-hetero) is 1. The normalized spacial score (nSPS) is 28.7. The van der Waals surface area contributed by atoms with Gasteiger partial charge in [0.05, 0.1) is 6.61 Å². The van der Waals surface area contributed by atoms with Crippen LogP contribution in [-0.2, 0) is 23.9 Å². The van der Waals surface area contributed by atoms with Crippen LogP contribution in [0.25, 0.3) is 0 Å². The second-order valence-electron chi connectivity index (χ2n) is 5.45. The Balaban J connectivity index is 1.69. The maximum Gasteiger partial charge on any atom is 0.356 e. The molecule has 0 saturated carbocycles. The van der Waals surface area contributed by atoms with E-state index in [0.717, 1.165) is 12.8 Å². The van der Waals surface area contributed by atoms with Crippen molar-refractivity contribution in [1.82, 2.24) is 0 Å². The lowest BCUT2D eigenvalue weighted by Gasteiger charge is -2.12. The quantitative estimate of drug-likeness (QED) is 0.275. The molecule has 130 valence electrons. The standard InChI is InChI=1S/C14H20O7S2/c15-7-9(16)12-11(18)13(14(19)21-12)20-10(17)4-2-1-3-8-5-6-22-23-8/h8-9,12-13,15-16H,1-7H2. The fourth-order valence-electron chi connectivity index (χ4n) is 2.38. The first-order valence-corrected chi connectivity index (χ1v) is 9.92. The van der Waals surface area contributed by atoms with E-state index in [9.17, 15) is 19.5 Å². The number of hydrogen-bond acceptors (Lipinski definition) is 9. The van der Waals surface area contributed by atoms with E-state index in [1.54, 1.807) is 0 Å². The molecule has 2 rings (SSSR count). The molecule has 2 N–H and O–H groups in total. The number of ketones is 1. The second-order valence-corrected chi connectivity index (χ2v) is 8.24. The van der Waals surface area contributed by atoms with Gasteiger partial charge in [0.1, 0.15) is 6.10 Å². The Morgan fingerprint density at radius 2 is 2.17 bits per heavy atom. The molecule has 9 heteroatoms. The smallest absolute Gasteiger partial charge is 0.356 e. The summed E-state index contributed by atoms with van der Waals surface area (Å²) in [6.07, 6.45) is -0.706. The van der Waals surface area contributed by atoms with Crippen molar-refractivity contribution < 1.29 is 34.1 Å². The highest BCUT2D eigenvalue weighted by molar-refractivity contribution is 8.77. The fraction of sp³-hybridized carbons (Fsp3) is 0.786. The van der Waals surface area contributed by atoms with Gasteiger partial charge >= 0.3 is 11.9 Å². The van der Waals surface area contributed by atoms with Crippen molar-refractivity contribution in [1.29, 1.82) is 0 Å². The SMILES string of the molecule is O=C(CCCCC1CCSS1)OC1C(=O)OC(C(O)CO)C1=O. The van der Waals surface area contributed by atoms with Crippen molar-refractivity contribution in [2.45, 2.75) is 55.7 Å². The average Bonchev–Trinajstić information content (AvgIpc) is 3.14. The maximum absolute atomic E-state index is 11.9. The summed E-state index contributed by atoms with van der Waals surface area (Å²) in [6, 6.07) is 0. The van der Waals surface area contributed by atoms with Crippen molar-refractivity contribution in [2.75, 3.05) is 12.4 Å². The van der Waals surface area contributed by atoms with Crippen molar-refractivity contribution in [2.24, 2.45) is 0 Å². The van der Waals surface area contributed by atoms with Gasteiger partial charge in [0, 0.05) is 17.4 Å². The van der Waals surface area contributed by atoms with Gasteiger partial charge in [-0.05, 0) is 19.3 Å². The number of aliphatic hydroxyl groups excluding tert-OH is 2. The molecule has 4 unspecified atom stereocenters. The van der Waals surface area contributed by atoms with Crippen molar-refractivity contribution in [3.63, 3.8) is 0 Å². The van der Waals surface area contributed by atoms with Crippen LogP contribution in [0.15, 0.2) is 0 Å². The highest BCUT2D eigenvalue weighted by Crippen LogP contribution is 2.39. The van der Waals surface area contributed by atoms with Crippen LogP contribution in [0.3, 0.4) is 0 Å². The van der Waals surface area contributed by atoms with Gasteiger partial charge in [0.25, 0.3) is 6.10 Å². The average molecular weight is 364 g/mol. The van der Waals surface area contributed by atoms with Crippen molar-refractivity contribution in [3.05, 3.63) is 0 Å². The molecular formula is C14H20O7S2. The van der Waals surface area contributed by atoms with Gasteiger partial charge in [0.2, 0.25) is 5.78 Å². The third-order valence-electron chi connectivity index (χ3n) is 3.67. The Kier molecular flexibility index (Phi) is 7.19. The molecule has 23 heavy (non-hydrogen) atoms. The molecule has 2 saturated heterocycles. The van der Waals surface area contributed by atoms with E-state index in [-0.39, 0.29) is 6.42 Å². The Labute approximate surface area is 141 Å². The van der Waals surface area contributed by atoms with Crippen LogP contribution in [0.2, 0.25) is 0 Å². The van der Waals surface area contributed by atoms with Crippen LogP contribution in [-0.4, -0.2) is 63.9 Å². The Morgan fingerprint density at radius 1 is 1.39 bits per heavy atom. The molecule has 0 amide bonds. The molecular weight excluding hydrogens is 344 g/mol. The third kappa shape index (κ3) is 5.10. The monoisotopic (exact) mass is 364 g/mol. The first-order chi connectivity index (χ1) is 11.0. The second kappa shape index (κ2) is 8.91. The predicted octanol–water partition coefficient (Wildman–Crippen LogP) is 0.460. The summed E-state index contributed by atoms with van der Waals surface area (Å²) in [5, 5.41) is 18.8. The number of hydrogen-bond donors (Lipinski definition) is 2. The molecule has 2 aliphatic heterocycles. The molecule has 0 aliphatic carbocycles. The summed E-state index contributed by atoms with van der Waals surface area (Å²) >= 11 is 0. The molecule has 7 nitrogen and oxygen atoms in total. The minimum absolute atomic E-state index is 0.134. The van der Waals surface area contributed by atoms with E-state index in [2.05, 4.69) is 4.74 Å². The fourth-order valence-corrected chi connectivity index (χ4v) is 5.40. The summed E-state index contributed by atoms with van der Waals surface area (Å²) in [5.41, 5.74) is 0. The van der Waals surface area contributed by atoms with Gasteiger partial charge in [-0.2, -0.15) is 0 Å². The van der Waals surface area contributed by atoms with Gasteiger partial charge in [0.15, 0.2) is 6.10 Å². The van der Waals surface area contributed by atoms with E-state index in [1.807, 2.05) is 21.6 Å². The molecule has 2 fully saturated rings. The molecule has 4 atom stereocenters. The van der Waals surface area contributed by atoms with Gasteiger partial charge in [-0.25, -0.2) is 4.79 Å². The summed E-state index contributed by atoms with van der Waals surface area (Å²) in [6.45, 7) is -0.720. The molecule has 0 bridgehead atoms. The molecule has 0 aromatic carbocycles. The van der Waals surface area contributed by atoms with Crippen LogP contribution < -0.4 is 0 Å². The topological polar surface area (TPSA) is 110 Å². The zero-order valence-corrected chi connectivity index (χ0v) is 14.1. The van der Waals surface area contributed by atoms with Crippen molar-refractivity contribution >= 4 is 39.3 Å². The van der Waals surface area contributed by atoms with E-state index in [0.29, 0.717) is 11.7 Å². The number of carbonyl (C=O) groups is 3. The summed E-state index contributed by atoms with van der Waals surface area (Å²) in [4.78, 5) is 35.1. The lowest BCUT2D eigenvalue weighted by Crippen LogP contribution is -2.38. The first-order valence-electron chi connectivity index (χ1n) is 7.54. The summed E-state index contributed by atoms with van der Waals surface area (Å²) < 4.78 is 9.52. The van der Waals surface area contributed by atoms with Gasteiger partial charge in [-0.15, -0.1) is 0 Å². The van der Waals surface area contributed by atoms with E-state index in [4.69, 9.17) is 9.84 Å². The van der Waals surface area contributed by atoms with Crippen LogP contribution >= 0.6 is 21.6 Å². The molecule has 0 aromatic heterocycles. The molecule has 0 radical (unpaired) electrons. The van der Waals surface area contributed by atoms with Crippen molar-refractivity contribution in [3.8, 4) is 0 Å². The first kappa shape index (κ1) is 18.6.